The van der Waals surface area contributed by atoms with E-state index in [1.54, 1.807) is 0 Å². The van der Waals surface area contributed by atoms with Gasteiger partial charge in [0.2, 0.25) is 0 Å². The van der Waals surface area contributed by atoms with Crippen molar-refractivity contribution >= 4 is 26.8 Å². The molecule has 0 spiro atoms. The zero-order valence-corrected chi connectivity index (χ0v) is 10.6. The van der Waals surface area contributed by atoms with E-state index in [4.69, 9.17) is 0 Å². The van der Waals surface area contributed by atoms with Crippen LogP contribution in [0.3, 0.4) is 0 Å². The first-order valence-electron chi connectivity index (χ1n) is 5.30. The van der Waals surface area contributed by atoms with Crippen molar-refractivity contribution in [3.05, 3.63) is 59.3 Å². The Hall–Kier alpha value is -1.74. The van der Waals surface area contributed by atoms with Crippen LogP contribution in [0.15, 0.2) is 59.3 Å². The van der Waals surface area contributed by atoms with Crippen LogP contribution in [0.25, 0.3) is 22.2 Å². The van der Waals surface area contributed by atoms with Crippen LogP contribution in [0.5, 0.6) is 0 Å². The van der Waals surface area contributed by atoms with Crippen LogP contribution < -0.4 is 0 Å². The molecule has 0 aliphatic heterocycles. The maximum absolute atomic E-state index is 4.42. The van der Waals surface area contributed by atoms with E-state index >= 15 is 0 Å². The first-order chi connectivity index (χ1) is 8.34. The summed E-state index contributed by atoms with van der Waals surface area (Å²) in [6.07, 6.45) is 3.63. The summed E-state index contributed by atoms with van der Waals surface area (Å²) in [6, 6.07) is 14.1. The highest BCUT2D eigenvalue weighted by atomic mass is 79.9. The number of nitrogens with zero attached hydrogens (tertiary/aromatic N) is 2. The van der Waals surface area contributed by atoms with Gasteiger partial charge in [0.15, 0.2) is 0 Å². The summed E-state index contributed by atoms with van der Waals surface area (Å²) in [5.74, 6) is 0. The minimum absolute atomic E-state index is 0.965. The molecule has 0 radical (unpaired) electrons. The van der Waals surface area contributed by atoms with Crippen molar-refractivity contribution in [1.29, 1.82) is 0 Å². The molecule has 0 N–H and O–H groups in total. The van der Waals surface area contributed by atoms with Gasteiger partial charge in [-0.3, -0.25) is 9.97 Å². The van der Waals surface area contributed by atoms with Crippen LogP contribution in [-0.2, 0) is 0 Å². The van der Waals surface area contributed by atoms with Crippen LogP contribution in [-0.4, -0.2) is 9.97 Å². The molecule has 17 heavy (non-hydrogen) atoms. The van der Waals surface area contributed by atoms with Gasteiger partial charge in [0, 0.05) is 27.8 Å². The monoisotopic (exact) mass is 284 g/mol. The van der Waals surface area contributed by atoms with E-state index in [9.17, 15) is 0 Å². The van der Waals surface area contributed by atoms with Crippen LogP contribution in [0.4, 0.5) is 0 Å². The molecule has 3 heteroatoms. The first-order valence-corrected chi connectivity index (χ1v) is 6.09. The van der Waals surface area contributed by atoms with Gasteiger partial charge in [-0.1, -0.05) is 18.2 Å². The lowest BCUT2D eigenvalue weighted by molar-refractivity contribution is 1.30. The summed E-state index contributed by atoms with van der Waals surface area (Å²) in [7, 11) is 0. The number of benzene rings is 1. The minimum atomic E-state index is 0.965. The smallest absolute Gasteiger partial charge is 0.0710 e. The number of aromatic nitrogens is 2. The number of pyridine rings is 2. The third-order valence-corrected chi connectivity index (χ3v) is 3.12. The molecule has 2 nitrogen and oxygen atoms in total. The second kappa shape index (κ2) is 4.26. The molecule has 2 aromatic heterocycles. The summed E-state index contributed by atoms with van der Waals surface area (Å²) < 4.78 is 0.986. The van der Waals surface area contributed by atoms with Gasteiger partial charge >= 0.3 is 0 Å². The van der Waals surface area contributed by atoms with Crippen molar-refractivity contribution < 1.29 is 0 Å². The molecule has 0 atom stereocenters. The van der Waals surface area contributed by atoms with E-state index in [1.165, 1.54) is 0 Å². The van der Waals surface area contributed by atoms with Gasteiger partial charge in [-0.25, -0.2) is 0 Å². The van der Waals surface area contributed by atoms with Crippen LogP contribution in [0, 0.1) is 0 Å². The van der Waals surface area contributed by atoms with Gasteiger partial charge in [-0.2, -0.15) is 0 Å². The molecule has 0 saturated carbocycles. The zero-order chi connectivity index (χ0) is 11.7. The molecule has 2 heterocycles. The SMILES string of the molecule is Brc1ccc(-c2ccnc3ccccc23)nc1. The van der Waals surface area contributed by atoms with E-state index in [2.05, 4.69) is 32.0 Å². The molecule has 0 aliphatic rings. The van der Waals surface area contributed by atoms with Crippen LogP contribution >= 0.6 is 15.9 Å². The van der Waals surface area contributed by atoms with Crippen molar-refractivity contribution in [3.63, 3.8) is 0 Å². The lowest BCUT2D eigenvalue weighted by Crippen LogP contribution is -1.86. The van der Waals surface area contributed by atoms with Crippen molar-refractivity contribution in [2.45, 2.75) is 0 Å². The Labute approximate surface area is 107 Å². The summed E-state index contributed by atoms with van der Waals surface area (Å²) in [5, 5.41) is 1.13. The molecular weight excluding hydrogens is 276 g/mol. The third kappa shape index (κ3) is 1.94. The summed E-state index contributed by atoms with van der Waals surface area (Å²) in [6.45, 7) is 0. The largest absolute Gasteiger partial charge is 0.256 e. The Morgan fingerprint density at radius 2 is 1.76 bits per heavy atom. The fourth-order valence-electron chi connectivity index (χ4n) is 1.85. The number of hydrogen-bond donors (Lipinski definition) is 0. The van der Waals surface area contributed by atoms with Gasteiger partial charge < -0.3 is 0 Å². The Kier molecular flexibility index (Phi) is 2.61. The maximum Gasteiger partial charge on any atom is 0.0710 e. The molecule has 82 valence electrons. The average Bonchev–Trinajstić information content (AvgIpc) is 2.39. The minimum Gasteiger partial charge on any atom is -0.256 e. The Morgan fingerprint density at radius 1 is 0.882 bits per heavy atom. The Morgan fingerprint density at radius 3 is 2.59 bits per heavy atom. The molecule has 1 aromatic carbocycles. The normalized spacial score (nSPS) is 10.6. The molecule has 3 rings (SSSR count). The second-order valence-electron chi connectivity index (χ2n) is 3.74. The molecular formula is C14H9BrN2. The fraction of sp³-hybridized carbons (Fsp3) is 0. The average molecular weight is 285 g/mol. The standard InChI is InChI=1S/C14H9BrN2/c15-10-5-6-14(17-9-10)12-7-8-16-13-4-2-1-3-11(12)13/h1-9H. The van der Waals surface area contributed by atoms with E-state index < -0.39 is 0 Å². The zero-order valence-electron chi connectivity index (χ0n) is 8.97. The second-order valence-corrected chi connectivity index (χ2v) is 4.65. The maximum atomic E-state index is 4.42. The van der Waals surface area contributed by atoms with Crippen molar-refractivity contribution in [3.8, 4) is 11.3 Å². The molecule has 3 aromatic rings. The number of fused-ring (bicyclic) bond motifs is 1. The van der Waals surface area contributed by atoms with E-state index in [0.29, 0.717) is 0 Å². The van der Waals surface area contributed by atoms with E-state index in [0.717, 1.165) is 26.6 Å². The predicted molar refractivity (Wildman–Crippen MR) is 72.7 cm³/mol. The van der Waals surface area contributed by atoms with Crippen LogP contribution in [0.2, 0.25) is 0 Å². The lowest BCUT2D eigenvalue weighted by Gasteiger charge is -2.05. The highest BCUT2D eigenvalue weighted by molar-refractivity contribution is 9.10. The lowest BCUT2D eigenvalue weighted by atomic mass is 10.1. The molecule has 0 unspecified atom stereocenters. The molecule has 0 amide bonds. The highest BCUT2D eigenvalue weighted by Crippen LogP contribution is 2.26. The van der Waals surface area contributed by atoms with Gasteiger partial charge in [0.1, 0.15) is 0 Å². The van der Waals surface area contributed by atoms with Crippen molar-refractivity contribution in [2.24, 2.45) is 0 Å². The van der Waals surface area contributed by atoms with E-state index in [1.807, 2.05) is 48.8 Å². The number of para-hydroxylation sites is 1. The fourth-order valence-corrected chi connectivity index (χ4v) is 2.09. The third-order valence-electron chi connectivity index (χ3n) is 2.65. The van der Waals surface area contributed by atoms with Crippen LogP contribution in [0.1, 0.15) is 0 Å². The first kappa shape index (κ1) is 10.4. The predicted octanol–water partition coefficient (Wildman–Crippen LogP) is 4.06. The number of rotatable bonds is 1. The van der Waals surface area contributed by atoms with Crippen molar-refractivity contribution in [1.82, 2.24) is 9.97 Å². The number of hydrogen-bond acceptors (Lipinski definition) is 2. The molecule has 0 bridgehead atoms. The molecule has 0 aliphatic carbocycles. The summed E-state index contributed by atoms with van der Waals surface area (Å²) in [5.41, 5.74) is 3.07. The van der Waals surface area contributed by atoms with E-state index in [-0.39, 0.29) is 0 Å². The van der Waals surface area contributed by atoms with Crippen molar-refractivity contribution in [2.75, 3.05) is 0 Å². The number of halogens is 1. The molecule has 0 saturated heterocycles. The quantitative estimate of drug-likeness (QED) is 0.673. The highest BCUT2D eigenvalue weighted by Gasteiger charge is 2.04. The molecule has 0 fully saturated rings. The van der Waals surface area contributed by atoms with Gasteiger partial charge in [0.05, 0.1) is 11.2 Å². The van der Waals surface area contributed by atoms with Gasteiger partial charge in [-0.15, -0.1) is 0 Å². The Balaban J connectivity index is 2.27. The summed E-state index contributed by atoms with van der Waals surface area (Å²) >= 11 is 3.39. The Bertz CT molecular complexity index is 657. The van der Waals surface area contributed by atoms with Gasteiger partial charge in [-0.05, 0) is 40.2 Å². The van der Waals surface area contributed by atoms with Gasteiger partial charge in [0.25, 0.3) is 0 Å². The summed E-state index contributed by atoms with van der Waals surface area (Å²) in [4.78, 5) is 8.77. The topological polar surface area (TPSA) is 25.8 Å².